The molecule has 0 atom stereocenters. The Labute approximate surface area is 113 Å². The first kappa shape index (κ1) is 13.7. The van der Waals surface area contributed by atoms with E-state index in [1.807, 2.05) is 12.1 Å². The van der Waals surface area contributed by atoms with Gasteiger partial charge in [-0.2, -0.15) is 0 Å². The molecule has 5 heteroatoms. The summed E-state index contributed by atoms with van der Waals surface area (Å²) in [5, 5.41) is 5.97. The zero-order chi connectivity index (χ0) is 13.7. The zero-order valence-corrected chi connectivity index (χ0v) is 11.2. The van der Waals surface area contributed by atoms with Crippen LogP contribution in [0.15, 0.2) is 24.3 Å². The fourth-order valence-corrected chi connectivity index (χ4v) is 2.50. The van der Waals surface area contributed by atoms with E-state index in [0.717, 1.165) is 25.1 Å². The van der Waals surface area contributed by atoms with E-state index in [1.165, 1.54) is 5.56 Å². The lowest BCUT2D eigenvalue weighted by Gasteiger charge is -2.37. The molecule has 1 aromatic carbocycles. The van der Waals surface area contributed by atoms with Crippen molar-refractivity contribution < 1.29 is 9.53 Å². The second kappa shape index (κ2) is 6.43. The van der Waals surface area contributed by atoms with Crippen LogP contribution in [0.5, 0.6) is 5.75 Å². The van der Waals surface area contributed by atoms with Crippen molar-refractivity contribution in [3.8, 4) is 5.75 Å². The van der Waals surface area contributed by atoms with Gasteiger partial charge >= 0.3 is 6.03 Å². The lowest BCUT2D eigenvalue weighted by atomic mass is 9.75. The van der Waals surface area contributed by atoms with Crippen molar-refractivity contribution in [2.75, 3.05) is 20.2 Å². The minimum absolute atomic E-state index is 0.470. The van der Waals surface area contributed by atoms with Crippen molar-refractivity contribution in [3.05, 3.63) is 29.8 Å². The summed E-state index contributed by atoms with van der Waals surface area (Å²) in [6, 6.07) is 8.23. The summed E-state index contributed by atoms with van der Waals surface area (Å²) >= 11 is 0. The van der Waals surface area contributed by atoms with Gasteiger partial charge < -0.3 is 21.1 Å². The lowest BCUT2D eigenvalue weighted by Crippen LogP contribution is -2.44. The summed E-state index contributed by atoms with van der Waals surface area (Å²) in [6.45, 7) is 1.33. The monoisotopic (exact) mass is 263 g/mol. The van der Waals surface area contributed by atoms with E-state index in [1.54, 1.807) is 7.11 Å². The number of carbonyl (C=O) groups is 1. The van der Waals surface area contributed by atoms with Crippen molar-refractivity contribution in [2.24, 2.45) is 5.73 Å². The van der Waals surface area contributed by atoms with Gasteiger partial charge in [0.1, 0.15) is 5.75 Å². The number of rotatable bonds is 6. The summed E-state index contributed by atoms with van der Waals surface area (Å²) in [4.78, 5) is 10.5. The van der Waals surface area contributed by atoms with Gasteiger partial charge in [-0.1, -0.05) is 18.2 Å². The molecule has 19 heavy (non-hydrogen) atoms. The molecule has 2 rings (SSSR count). The number of ether oxygens (including phenoxy) is 1. The van der Waals surface area contributed by atoms with Crippen LogP contribution in [0.4, 0.5) is 4.79 Å². The van der Waals surface area contributed by atoms with Gasteiger partial charge in [0.15, 0.2) is 0 Å². The van der Waals surface area contributed by atoms with Gasteiger partial charge in [0.25, 0.3) is 0 Å². The summed E-state index contributed by atoms with van der Waals surface area (Å²) in [6.07, 6.45) is 2.22. The first-order chi connectivity index (χ1) is 9.20. The van der Waals surface area contributed by atoms with Gasteiger partial charge in [-0.3, -0.25) is 0 Å². The predicted octanol–water partition coefficient (Wildman–Crippen LogP) is 1.20. The van der Waals surface area contributed by atoms with Gasteiger partial charge in [0.2, 0.25) is 0 Å². The highest BCUT2D eigenvalue weighted by atomic mass is 16.5. The number of benzene rings is 1. The number of primary amides is 1. The number of para-hydroxylation sites is 1. The number of nitrogens with two attached hydrogens (primary N) is 1. The van der Waals surface area contributed by atoms with Crippen LogP contribution in [0, 0.1) is 0 Å². The molecule has 104 valence electrons. The van der Waals surface area contributed by atoms with Crippen molar-refractivity contribution in [1.29, 1.82) is 0 Å². The van der Waals surface area contributed by atoms with Crippen LogP contribution in [-0.2, 0) is 0 Å². The Bertz CT molecular complexity index is 430. The van der Waals surface area contributed by atoms with Gasteiger partial charge in [-0.15, -0.1) is 0 Å². The van der Waals surface area contributed by atoms with E-state index in [0.29, 0.717) is 18.5 Å². The zero-order valence-electron chi connectivity index (χ0n) is 11.2. The first-order valence-electron chi connectivity index (χ1n) is 6.60. The quantitative estimate of drug-likeness (QED) is 0.675. The standard InChI is InChI=1S/C14H21N3O2/c1-19-13-5-3-2-4-12(13)10-8-11(9-10)16-6-7-17-14(15)18/h2-5,10-11,16H,6-9H2,1H3,(H3,15,17,18). The molecule has 1 saturated carbocycles. The van der Waals surface area contributed by atoms with Crippen LogP contribution in [0.3, 0.4) is 0 Å². The minimum atomic E-state index is -0.470. The molecule has 0 bridgehead atoms. The van der Waals surface area contributed by atoms with Crippen LogP contribution < -0.4 is 21.1 Å². The largest absolute Gasteiger partial charge is 0.496 e. The number of methoxy groups -OCH3 is 1. The Morgan fingerprint density at radius 1 is 1.37 bits per heavy atom. The molecule has 1 aliphatic rings. The molecule has 0 heterocycles. The van der Waals surface area contributed by atoms with Crippen LogP contribution in [-0.4, -0.2) is 32.3 Å². The predicted molar refractivity (Wildman–Crippen MR) is 74.3 cm³/mol. The maximum absolute atomic E-state index is 10.5. The van der Waals surface area contributed by atoms with E-state index < -0.39 is 6.03 Å². The van der Waals surface area contributed by atoms with E-state index in [4.69, 9.17) is 10.5 Å². The van der Waals surface area contributed by atoms with Crippen LogP contribution in [0.25, 0.3) is 0 Å². The second-order valence-electron chi connectivity index (χ2n) is 4.85. The summed E-state index contributed by atoms with van der Waals surface area (Å²) in [5.74, 6) is 1.54. The van der Waals surface area contributed by atoms with E-state index in [9.17, 15) is 4.79 Å². The molecule has 0 radical (unpaired) electrons. The number of carbonyl (C=O) groups excluding carboxylic acids is 1. The molecule has 1 fully saturated rings. The third kappa shape index (κ3) is 3.61. The third-order valence-corrected chi connectivity index (χ3v) is 3.57. The van der Waals surface area contributed by atoms with Gasteiger partial charge in [-0.05, 0) is 30.4 Å². The molecule has 2 amide bonds. The Morgan fingerprint density at radius 3 is 2.79 bits per heavy atom. The Hall–Kier alpha value is -1.75. The van der Waals surface area contributed by atoms with Crippen molar-refractivity contribution in [1.82, 2.24) is 10.6 Å². The van der Waals surface area contributed by atoms with Crippen LogP contribution in [0.2, 0.25) is 0 Å². The van der Waals surface area contributed by atoms with Crippen LogP contribution in [0.1, 0.15) is 24.3 Å². The maximum Gasteiger partial charge on any atom is 0.312 e. The smallest absolute Gasteiger partial charge is 0.312 e. The van der Waals surface area contributed by atoms with E-state index in [2.05, 4.69) is 22.8 Å². The molecule has 0 saturated heterocycles. The second-order valence-corrected chi connectivity index (χ2v) is 4.85. The van der Waals surface area contributed by atoms with E-state index >= 15 is 0 Å². The first-order valence-corrected chi connectivity index (χ1v) is 6.60. The third-order valence-electron chi connectivity index (χ3n) is 3.57. The molecule has 0 unspecified atom stereocenters. The molecule has 0 aliphatic heterocycles. The molecule has 4 N–H and O–H groups in total. The SMILES string of the molecule is COc1ccccc1C1CC(NCCNC(N)=O)C1. The highest BCUT2D eigenvalue weighted by molar-refractivity contribution is 5.71. The topological polar surface area (TPSA) is 76.4 Å². The molecule has 0 spiro atoms. The highest BCUT2D eigenvalue weighted by Crippen LogP contribution is 2.40. The van der Waals surface area contributed by atoms with Crippen molar-refractivity contribution >= 4 is 6.03 Å². The fourth-order valence-electron chi connectivity index (χ4n) is 2.50. The molecule has 5 nitrogen and oxygen atoms in total. The summed E-state index contributed by atoms with van der Waals surface area (Å²) < 4.78 is 5.38. The van der Waals surface area contributed by atoms with Gasteiger partial charge in [0, 0.05) is 19.1 Å². The maximum atomic E-state index is 10.5. The van der Waals surface area contributed by atoms with Crippen molar-refractivity contribution in [3.63, 3.8) is 0 Å². The lowest BCUT2D eigenvalue weighted by molar-refractivity contribution is 0.247. The number of hydrogen-bond acceptors (Lipinski definition) is 3. The Balaban J connectivity index is 1.72. The average Bonchev–Trinajstić information content (AvgIpc) is 2.36. The Morgan fingerprint density at radius 2 is 2.11 bits per heavy atom. The number of urea groups is 1. The Kier molecular flexibility index (Phi) is 4.63. The average molecular weight is 263 g/mol. The molecular formula is C14H21N3O2. The molecular weight excluding hydrogens is 242 g/mol. The van der Waals surface area contributed by atoms with E-state index in [-0.39, 0.29) is 0 Å². The molecule has 0 aromatic heterocycles. The van der Waals surface area contributed by atoms with Gasteiger partial charge in [0.05, 0.1) is 7.11 Å². The molecule has 1 aliphatic carbocycles. The minimum Gasteiger partial charge on any atom is -0.496 e. The fraction of sp³-hybridized carbons (Fsp3) is 0.500. The normalized spacial score (nSPS) is 21.5. The summed E-state index contributed by atoms with van der Waals surface area (Å²) in [7, 11) is 1.71. The van der Waals surface area contributed by atoms with Gasteiger partial charge in [-0.25, -0.2) is 4.79 Å². The van der Waals surface area contributed by atoms with Crippen molar-refractivity contribution in [2.45, 2.75) is 24.8 Å². The number of nitrogens with one attached hydrogen (secondary N) is 2. The van der Waals surface area contributed by atoms with Crippen LogP contribution >= 0.6 is 0 Å². The summed E-state index contributed by atoms with van der Waals surface area (Å²) in [5.41, 5.74) is 6.28. The number of amides is 2. The highest BCUT2D eigenvalue weighted by Gasteiger charge is 2.31. The molecule has 1 aromatic rings. The number of hydrogen-bond donors (Lipinski definition) is 3.